The fourth-order valence-corrected chi connectivity index (χ4v) is 6.93. The van der Waals surface area contributed by atoms with Crippen molar-refractivity contribution in [1.29, 1.82) is 0 Å². The van der Waals surface area contributed by atoms with Crippen molar-refractivity contribution in [1.82, 2.24) is 20.5 Å². The zero-order valence-corrected chi connectivity index (χ0v) is 23.4. The van der Waals surface area contributed by atoms with Gasteiger partial charge in [-0.05, 0) is 94.6 Å². The average molecular weight is 554 g/mol. The Labute approximate surface area is 236 Å². The van der Waals surface area contributed by atoms with E-state index in [4.69, 9.17) is 4.98 Å². The number of pyridine rings is 1. The summed E-state index contributed by atoms with van der Waals surface area (Å²) >= 11 is 0. The predicted octanol–water partition coefficient (Wildman–Crippen LogP) is 2.80. The van der Waals surface area contributed by atoms with Crippen molar-refractivity contribution in [2.75, 3.05) is 25.0 Å². The van der Waals surface area contributed by atoms with Crippen molar-refractivity contribution in [2.45, 2.75) is 102 Å². The predicted molar refractivity (Wildman–Crippen MR) is 150 cm³/mol. The molecule has 5 aliphatic rings. The van der Waals surface area contributed by atoms with E-state index in [1.807, 2.05) is 0 Å². The first-order chi connectivity index (χ1) is 19.3. The number of aliphatic carboxylic acids is 1. The first kappa shape index (κ1) is 28.4. The number of hydrogen-bond acceptors (Lipinski definition) is 6. The van der Waals surface area contributed by atoms with Gasteiger partial charge in [-0.25, -0.2) is 9.78 Å². The summed E-state index contributed by atoms with van der Waals surface area (Å²) in [6, 6.07) is 2.97. The lowest BCUT2D eigenvalue weighted by atomic mass is 9.60. The molecule has 0 aromatic carbocycles. The first-order valence-corrected chi connectivity index (χ1v) is 15.1. The number of amides is 3. The molecule has 40 heavy (non-hydrogen) atoms. The van der Waals surface area contributed by atoms with Gasteiger partial charge in [0, 0.05) is 49.6 Å². The van der Waals surface area contributed by atoms with Gasteiger partial charge < -0.3 is 26.0 Å². The maximum absolute atomic E-state index is 13.0. The Bertz CT molecular complexity index is 1100. The number of rotatable bonds is 11. The van der Waals surface area contributed by atoms with Gasteiger partial charge in [-0.3, -0.25) is 14.4 Å². The van der Waals surface area contributed by atoms with E-state index in [2.05, 4.69) is 28.1 Å². The Morgan fingerprint density at radius 3 is 2.62 bits per heavy atom. The molecule has 0 radical (unpaired) electrons. The number of carboxylic acids is 1. The van der Waals surface area contributed by atoms with E-state index in [-0.39, 0.29) is 36.6 Å². The third kappa shape index (κ3) is 6.75. The molecule has 2 aliphatic heterocycles. The molecule has 218 valence electrons. The molecule has 4 N–H and O–H groups in total. The lowest BCUT2D eigenvalue weighted by Crippen LogP contribution is -2.52. The van der Waals surface area contributed by atoms with Gasteiger partial charge in [-0.1, -0.05) is 6.07 Å². The van der Waals surface area contributed by atoms with E-state index in [1.165, 1.54) is 5.56 Å². The van der Waals surface area contributed by atoms with Gasteiger partial charge in [0.15, 0.2) is 0 Å². The van der Waals surface area contributed by atoms with Crippen molar-refractivity contribution in [2.24, 2.45) is 11.3 Å². The van der Waals surface area contributed by atoms with Crippen LogP contribution in [0.3, 0.4) is 0 Å². The summed E-state index contributed by atoms with van der Waals surface area (Å²) in [6.07, 6.45) is 10.4. The molecule has 4 fully saturated rings. The lowest BCUT2D eigenvalue weighted by Gasteiger charge is -2.45. The minimum Gasteiger partial charge on any atom is -0.480 e. The molecule has 3 saturated carbocycles. The van der Waals surface area contributed by atoms with Crippen molar-refractivity contribution in [3.05, 3.63) is 23.4 Å². The third-order valence-corrected chi connectivity index (χ3v) is 9.52. The number of aryl methyl sites for hydroxylation is 2. The topological polar surface area (TPSA) is 141 Å². The summed E-state index contributed by atoms with van der Waals surface area (Å²) in [7, 11) is 0. The summed E-state index contributed by atoms with van der Waals surface area (Å²) in [5.41, 5.74) is 1.82. The molecule has 1 aromatic heterocycles. The van der Waals surface area contributed by atoms with Crippen LogP contribution >= 0.6 is 0 Å². The molecule has 3 amide bonds. The standard InChI is InChI=1S/C30H43N5O5/c36-25(9-8-24(28(38)39)34-29(40)30-14-10-20(11-15-30)12-16-30)32-23-13-18-35(19-23)26(37)5-1-4-22-7-6-21-3-2-17-31-27(21)33-22/h6-7,20,23-24H,1-5,8-19H2,(H,31,33)(H,32,36)(H,34,40)(H,38,39)/t20?,23-,24+,30?/m0/s1. The molecule has 1 saturated heterocycles. The van der Waals surface area contributed by atoms with Gasteiger partial charge in [0.05, 0.1) is 0 Å². The summed E-state index contributed by atoms with van der Waals surface area (Å²) < 4.78 is 0. The molecule has 3 aliphatic carbocycles. The van der Waals surface area contributed by atoms with Crippen molar-refractivity contribution in [3.63, 3.8) is 0 Å². The highest BCUT2D eigenvalue weighted by Crippen LogP contribution is 2.50. The van der Waals surface area contributed by atoms with Gasteiger partial charge in [-0.15, -0.1) is 0 Å². The highest BCUT2D eigenvalue weighted by Gasteiger charge is 2.46. The molecule has 3 heterocycles. The molecule has 0 spiro atoms. The third-order valence-electron chi connectivity index (χ3n) is 9.52. The quantitative estimate of drug-likeness (QED) is 0.330. The van der Waals surface area contributed by atoms with E-state index >= 15 is 0 Å². The molecular formula is C30H43N5O5. The van der Waals surface area contributed by atoms with Crippen LogP contribution in [-0.4, -0.2) is 70.4 Å². The van der Waals surface area contributed by atoms with Gasteiger partial charge in [0.2, 0.25) is 17.7 Å². The maximum Gasteiger partial charge on any atom is 0.326 e. The Morgan fingerprint density at radius 1 is 1.10 bits per heavy atom. The van der Waals surface area contributed by atoms with Crippen LogP contribution in [0.2, 0.25) is 0 Å². The fourth-order valence-electron chi connectivity index (χ4n) is 6.93. The van der Waals surface area contributed by atoms with Crippen LogP contribution in [0.25, 0.3) is 0 Å². The van der Waals surface area contributed by atoms with Crippen molar-refractivity contribution in [3.8, 4) is 0 Å². The average Bonchev–Trinajstić information content (AvgIpc) is 3.44. The van der Waals surface area contributed by atoms with Gasteiger partial charge >= 0.3 is 5.97 Å². The van der Waals surface area contributed by atoms with Crippen LogP contribution in [0.1, 0.15) is 88.3 Å². The zero-order chi connectivity index (χ0) is 28.1. The van der Waals surface area contributed by atoms with Crippen LogP contribution in [0.5, 0.6) is 0 Å². The molecule has 10 nitrogen and oxygen atoms in total. The molecule has 2 atom stereocenters. The number of fused-ring (bicyclic) bond motifs is 4. The molecule has 6 rings (SSSR count). The smallest absolute Gasteiger partial charge is 0.326 e. The van der Waals surface area contributed by atoms with Gasteiger partial charge in [-0.2, -0.15) is 0 Å². The number of likely N-dealkylation sites (tertiary alicyclic amines) is 1. The maximum atomic E-state index is 13.0. The first-order valence-electron chi connectivity index (χ1n) is 15.1. The van der Waals surface area contributed by atoms with E-state index in [1.54, 1.807) is 4.90 Å². The van der Waals surface area contributed by atoms with Crippen molar-refractivity contribution >= 4 is 29.5 Å². The second-order valence-electron chi connectivity index (χ2n) is 12.3. The second kappa shape index (κ2) is 12.6. The molecular weight excluding hydrogens is 510 g/mol. The van der Waals surface area contributed by atoms with Crippen LogP contribution in [-0.2, 0) is 32.0 Å². The molecule has 1 aromatic rings. The minimum atomic E-state index is -1.11. The number of carbonyl (C=O) groups is 4. The molecule has 2 bridgehead atoms. The van der Waals surface area contributed by atoms with Crippen molar-refractivity contribution < 1.29 is 24.3 Å². The zero-order valence-electron chi connectivity index (χ0n) is 23.4. The summed E-state index contributed by atoms with van der Waals surface area (Å²) in [5, 5.41) is 18.7. The number of hydrogen-bond donors (Lipinski definition) is 4. The molecule has 0 unspecified atom stereocenters. The van der Waals surface area contributed by atoms with Crippen LogP contribution in [0.15, 0.2) is 12.1 Å². The second-order valence-corrected chi connectivity index (χ2v) is 12.3. The molecule has 10 heteroatoms. The Balaban J connectivity index is 1.01. The largest absolute Gasteiger partial charge is 0.480 e. The van der Waals surface area contributed by atoms with Crippen LogP contribution < -0.4 is 16.0 Å². The number of anilines is 1. The lowest BCUT2D eigenvalue weighted by molar-refractivity contribution is -0.146. The van der Waals surface area contributed by atoms with E-state index in [9.17, 15) is 24.3 Å². The highest BCUT2D eigenvalue weighted by molar-refractivity contribution is 5.88. The van der Waals surface area contributed by atoms with Crippen LogP contribution in [0.4, 0.5) is 5.82 Å². The Morgan fingerprint density at radius 2 is 1.88 bits per heavy atom. The van der Waals surface area contributed by atoms with E-state index < -0.39 is 17.4 Å². The number of carboxylic acid groups (broad SMARTS) is 1. The summed E-state index contributed by atoms with van der Waals surface area (Å²) in [5.74, 6) is 0.246. The number of nitrogens with one attached hydrogen (secondary N) is 3. The van der Waals surface area contributed by atoms with E-state index in [0.717, 1.165) is 82.3 Å². The van der Waals surface area contributed by atoms with Crippen LogP contribution in [0, 0.1) is 11.3 Å². The normalized spacial score (nSPS) is 25.9. The highest BCUT2D eigenvalue weighted by atomic mass is 16.4. The Hall–Kier alpha value is -3.17. The SMILES string of the molecule is O=C(CC[C@@H](NC(=O)C12CCC(CC1)CC2)C(=O)O)N[C@H]1CCN(C(=O)CCCc2ccc3c(n2)NCCC3)C1. The Kier molecular flexibility index (Phi) is 8.90. The number of nitrogens with zero attached hydrogens (tertiary/aromatic N) is 2. The summed E-state index contributed by atoms with van der Waals surface area (Å²) in [6.45, 7) is 2.02. The minimum absolute atomic E-state index is 0.0133. The number of aromatic nitrogens is 1. The summed E-state index contributed by atoms with van der Waals surface area (Å²) in [4.78, 5) is 56.7. The number of carbonyl (C=O) groups excluding carboxylic acids is 3. The van der Waals surface area contributed by atoms with Gasteiger partial charge in [0.25, 0.3) is 0 Å². The monoisotopic (exact) mass is 553 g/mol. The fraction of sp³-hybridized carbons (Fsp3) is 0.700. The van der Waals surface area contributed by atoms with Gasteiger partial charge in [0.1, 0.15) is 11.9 Å². The van der Waals surface area contributed by atoms with E-state index in [0.29, 0.717) is 31.8 Å².